The summed E-state index contributed by atoms with van der Waals surface area (Å²) in [5.74, 6) is 0.149. The van der Waals surface area contributed by atoms with E-state index in [1.165, 1.54) is 16.6 Å². The van der Waals surface area contributed by atoms with Gasteiger partial charge in [-0.25, -0.2) is 4.98 Å². The minimum atomic E-state index is 0.149. The number of aryl methyl sites for hydroxylation is 3. The van der Waals surface area contributed by atoms with Crippen molar-refractivity contribution in [2.75, 3.05) is 18.0 Å². The van der Waals surface area contributed by atoms with Crippen molar-refractivity contribution in [3.05, 3.63) is 42.5 Å². The molecule has 0 saturated carbocycles. The highest BCUT2D eigenvalue weighted by Crippen LogP contribution is 2.46. The fourth-order valence-electron chi connectivity index (χ4n) is 4.18. The van der Waals surface area contributed by atoms with Gasteiger partial charge in [0.15, 0.2) is 0 Å². The Hall–Kier alpha value is -1.36. The average Bonchev–Trinajstić information content (AvgIpc) is 2.97. The van der Waals surface area contributed by atoms with Crippen LogP contribution in [0.1, 0.15) is 29.8 Å². The molecule has 0 unspecified atom stereocenters. The van der Waals surface area contributed by atoms with Crippen LogP contribution < -0.4 is 4.90 Å². The summed E-state index contributed by atoms with van der Waals surface area (Å²) in [7, 11) is 0. The topological polar surface area (TPSA) is 55.7 Å². The van der Waals surface area contributed by atoms with E-state index in [0.29, 0.717) is 0 Å². The van der Waals surface area contributed by atoms with Crippen LogP contribution in [0.25, 0.3) is 22.2 Å². The second-order valence-electron chi connectivity index (χ2n) is 7.66. The van der Waals surface area contributed by atoms with Gasteiger partial charge in [0, 0.05) is 60.3 Å². The molecule has 0 spiro atoms. The van der Waals surface area contributed by atoms with Crippen molar-refractivity contribution in [2.24, 2.45) is 5.92 Å². The summed E-state index contributed by atoms with van der Waals surface area (Å²) in [6, 6.07) is 6.66. The molecular formula is C22H21Br3N4. The number of benzene rings is 1. The number of nitriles is 1. The Labute approximate surface area is 196 Å². The van der Waals surface area contributed by atoms with E-state index in [2.05, 4.69) is 96.6 Å². The molecule has 29 heavy (non-hydrogen) atoms. The van der Waals surface area contributed by atoms with Gasteiger partial charge in [0.25, 0.3) is 0 Å². The molecule has 1 N–H and O–H groups in total. The predicted molar refractivity (Wildman–Crippen MR) is 129 cm³/mol. The van der Waals surface area contributed by atoms with Crippen LogP contribution in [0.2, 0.25) is 0 Å². The summed E-state index contributed by atoms with van der Waals surface area (Å²) in [5.41, 5.74) is 7.79. The highest BCUT2D eigenvalue weighted by molar-refractivity contribution is 9.13. The molecular weight excluding hydrogens is 560 g/mol. The molecule has 4 rings (SSSR count). The van der Waals surface area contributed by atoms with Gasteiger partial charge in [-0.05, 0) is 83.2 Å². The number of aromatic amines is 1. The second-order valence-corrected chi connectivity index (χ2v) is 10.2. The second kappa shape index (κ2) is 8.05. The lowest BCUT2D eigenvalue weighted by Gasteiger charge is -2.34. The predicted octanol–water partition coefficient (Wildman–Crippen LogP) is 7.18. The van der Waals surface area contributed by atoms with Gasteiger partial charge < -0.3 is 9.88 Å². The van der Waals surface area contributed by atoms with Gasteiger partial charge in [-0.1, -0.05) is 15.9 Å². The summed E-state index contributed by atoms with van der Waals surface area (Å²) in [5, 5.41) is 10.5. The Morgan fingerprint density at radius 3 is 2.38 bits per heavy atom. The smallest absolute Gasteiger partial charge is 0.140 e. The van der Waals surface area contributed by atoms with Crippen LogP contribution in [0, 0.1) is 38.0 Å². The Balaban J connectivity index is 2.02. The maximum Gasteiger partial charge on any atom is 0.140 e. The molecule has 3 aromatic rings. The molecule has 1 fully saturated rings. The lowest BCUT2D eigenvalue weighted by molar-refractivity contribution is 0.488. The van der Waals surface area contributed by atoms with Crippen LogP contribution in [0.5, 0.6) is 0 Å². The van der Waals surface area contributed by atoms with Gasteiger partial charge in [0.2, 0.25) is 0 Å². The molecule has 1 aliphatic rings. The number of nitrogens with zero attached hydrogens (tertiary/aromatic N) is 3. The number of halogens is 3. The van der Waals surface area contributed by atoms with Crippen LogP contribution in [-0.2, 0) is 0 Å². The molecule has 150 valence electrons. The van der Waals surface area contributed by atoms with Crippen molar-refractivity contribution in [3.8, 4) is 17.2 Å². The van der Waals surface area contributed by atoms with Crippen molar-refractivity contribution in [1.82, 2.24) is 9.97 Å². The molecule has 0 aliphatic carbocycles. The number of pyridine rings is 1. The van der Waals surface area contributed by atoms with E-state index >= 15 is 0 Å². The number of fused-ring (bicyclic) bond motifs is 1. The van der Waals surface area contributed by atoms with E-state index in [1.807, 2.05) is 0 Å². The van der Waals surface area contributed by atoms with Crippen LogP contribution in [0.15, 0.2) is 25.6 Å². The third-order valence-corrected chi connectivity index (χ3v) is 8.37. The fraction of sp³-hybridized carbons (Fsp3) is 0.364. The van der Waals surface area contributed by atoms with Crippen molar-refractivity contribution >= 4 is 64.5 Å². The minimum absolute atomic E-state index is 0.149. The zero-order valence-corrected chi connectivity index (χ0v) is 21.3. The van der Waals surface area contributed by atoms with Crippen molar-refractivity contribution in [1.29, 1.82) is 5.26 Å². The van der Waals surface area contributed by atoms with E-state index in [4.69, 9.17) is 4.98 Å². The number of hydrogen-bond acceptors (Lipinski definition) is 3. The average molecular weight is 581 g/mol. The Bertz CT molecular complexity index is 1150. The van der Waals surface area contributed by atoms with Crippen molar-refractivity contribution < 1.29 is 0 Å². The first-order valence-corrected chi connectivity index (χ1v) is 12.0. The number of anilines is 1. The summed E-state index contributed by atoms with van der Waals surface area (Å²) in [6.07, 6.45) is 1.79. The molecule has 0 amide bonds. The highest BCUT2D eigenvalue weighted by Gasteiger charge is 2.27. The zero-order valence-electron chi connectivity index (χ0n) is 16.5. The summed E-state index contributed by atoms with van der Waals surface area (Å²) >= 11 is 11.0. The third-order valence-electron chi connectivity index (χ3n) is 5.87. The van der Waals surface area contributed by atoms with Crippen LogP contribution in [-0.4, -0.2) is 23.1 Å². The quantitative estimate of drug-likeness (QED) is 0.327. The van der Waals surface area contributed by atoms with E-state index in [9.17, 15) is 5.26 Å². The number of aromatic nitrogens is 2. The number of rotatable bonds is 2. The zero-order chi connectivity index (χ0) is 20.9. The molecule has 1 aromatic carbocycles. The Kier molecular flexibility index (Phi) is 5.80. The molecule has 4 nitrogen and oxygen atoms in total. The molecule has 0 radical (unpaired) electrons. The van der Waals surface area contributed by atoms with Gasteiger partial charge in [-0.3, -0.25) is 0 Å². The maximum absolute atomic E-state index is 9.34. The van der Waals surface area contributed by atoms with Crippen LogP contribution in [0.4, 0.5) is 5.69 Å². The number of H-pyrrole nitrogens is 1. The molecule has 2 aromatic heterocycles. The molecule has 3 heterocycles. The molecule has 0 atom stereocenters. The van der Waals surface area contributed by atoms with E-state index in [0.717, 1.165) is 67.5 Å². The monoisotopic (exact) mass is 578 g/mol. The van der Waals surface area contributed by atoms with Gasteiger partial charge in [0.05, 0.1) is 11.8 Å². The first-order valence-electron chi connectivity index (χ1n) is 9.60. The van der Waals surface area contributed by atoms with Crippen LogP contribution >= 0.6 is 47.8 Å². The van der Waals surface area contributed by atoms with Crippen LogP contribution in [0.3, 0.4) is 0 Å². The summed E-state index contributed by atoms with van der Waals surface area (Å²) < 4.78 is 3.03. The Morgan fingerprint density at radius 2 is 1.72 bits per heavy atom. The fourth-order valence-corrected chi connectivity index (χ4v) is 5.71. The largest absolute Gasteiger partial charge is 0.370 e. The number of hydrogen-bond donors (Lipinski definition) is 1. The third kappa shape index (κ3) is 3.64. The molecule has 1 aliphatic heterocycles. The molecule has 7 heteroatoms. The Morgan fingerprint density at radius 1 is 1.07 bits per heavy atom. The summed E-state index contributed by atoms with van der Waals surface area (Å²) in [4.78, 5) is 10.8. The first-order chi connectivity index (χ1) is 13.8. The summed E-state index contributed by atoms with van der Waals surface area (Å²) in [6.45, 7) is 8.09. The van der Waals surface area contributed by atoms with Gasteiger partial charge in [-0.2, -0.15) is 5.26 Å². The normalized spacial score (nSPS) is 15.1. The first kappa shape index (κ1) is 20.9. The lowest BCUT2D eigenvalue weighted by atomic mass is 9.94. The van der Waals surface area contributed by atoms with E-state index in [-0.39, 0.29) is 5.92 Å². The number of nitrogens with one attached hydrogen (secondary N) is 1. The molecule has 0 bridgehead atoms. The maximum atomic E-state index is 9.34. The van der Waals surface area contributed by atoms with E-state index < -0.39 is 0 Å². The van der Waals surface area contributed by atoms with Gasteiger partial charge in [-0.15, -0.1) is 0 Å². The minimum Gasteiger partial charge on any atom is -0.370 e. The molecule has 1 saturated heterocycles. The number of piperidine rings is 1. The van der Waals surface area contributed by atoms with E-state index in [1.54, 1.807) is 0 Å². The van der Waals surface area contributed by atoms with Crippen molar-refractivity contribution in [3.63, 3.8) is 0 Å². The standard InChI is InChI=1S/C22H21Br3N4/c1-11-12(2)27-22-19(11)21(29-6-4-14(10-26)5-7-29)20(13(3)28-22)15-8-17(24)18(25)9-16(15)23/h8-9,14H,4-7H2,1-3H3,(H,27,28). The van der Waals surface area contributed by atoms with Crippen molar-refractivity contribution in [2.45, 2.75) is 33.6 Å². The van der Waals surface area contributed by atoms with Gasteiger partial charge in [0.1, 0.15) is 5.65 Å². The van der Waals surface area contributed by atoms with Gasteiger partial charge >= 0.3 is 0 Å². The lowest BCUT2D eigenvalue weighted by Crippen LogP contribution is -2.34. The highest BCUT2D eigenvalue weighted by atomic mass is 79.9. The SMILES string of the molecule is Cc1nc2[nH]c(C)c(C)c2c(N2CCC(C#N)CC2)c1-c1cc(Br)c(Br)cc1Br.